The summed E-state index contributed by atoms with van der Waals surface area (Å²) >= 11 is 0. The maximum atomic E-state index is 12.3. The molecule has 0 aliphatic heterocycles. The lowest BCUT2D eigenvalue weighted by Gasteiger charge is -2.10. The van der Waals surface area contributed by atoms with Gasteiger partial charge in [0.05, 0.1) is 12.7 Å². The van der Waals surface area contributed by atoms with Crippen LogP contribution in [0.1, 0.15) is 5.56 Å². The molecule has 7 nitrogen and oxygen atoms in total. The number of nitrogens with zero attached hydrogens (tertiary/aromatic N) is 2. The highest BCUT2D eigenvalue weighted by Gasteiger charge is 2.16. The van der Waals surface area contributed by atoms with Crippen LogP contribution < -0.4 is 14.8 Å². The van der Waals surface area contributed by atoms with E-state index in [4.69, 9.17) is 14.0 Å². The summed E-state index contributed by atoms with van der Waals surface area (Å²) in [5.41, 5.74) is 3.25. The van der Waals surface area contributed by atoms with Crippen molar-refractivity contribution in [3.8, 4) is 34.3 Å². The van der Waals surface area contributed by atoms with Crippen LogP contribution in [0.15, 0.2) is 77.3 Å². The third-order valence-corrected chi connectivity index (χ3v) is 4.59. The topological polar surface area (TPSA) is 86.5 Å². The van der Waals surface area contributed by atoms with Crippen molar-refractivity contribution < 1.29 is 18.8 Å². The van der Waals surface area contributed by atoms with Crippen molar-refractivity contribution in [1.82, 2.24) is 10.1 Å². The molecule has 0 saturated carbocycles. The van der Waals surface area contributed by atoms with Gasteiger partial charge in [-0.25, -0.2) is 0 Å². The van der Waals surface area contributed by atoms with Crippen molar-refractivity contribution in [3.05, 3.63) is 78.4 Å². The highest BCUT2D eigenvalue weighted by molar-refractivity contribution is 5.92. The molecule has 0 fully saturated rings. The summed E-state index contributed by atoms with van der Waals surface area (Å²) in [6.45, 7) is 1.84. The van der Waals surface area contributed by atoms with E-state index in [-0.39, 0.29) is 12.5 Å². The quantitative estimate of drug-likeness (QED) is 0.469. The van der Waals surface area contributed by atoms with Gasteiger partial charge in [0.25, 0.3) is 11.8 Å². The Morgan fingerprint density at radius 2 is 1.74 bits per heavy atom. The van der Waals surface area contributed by atoms with E-state index in [2.05, 4.69) is 15.5 Å². The van der Waals surface area contributed by atoms with Crippen LogP contribution in [-0.4, -0.2) is 29.8 Å². The van der Waals surface area contributed by atoms with Gasteiger partial charge in [-0.05, 0) is 55.5 Å². The fourth-order valence-electron chi connectivity index (χ4n) is 2.94. The van der Waals surface area contributed by atoms with Crippen molar-refractivity contribution in [2.45, 2.75) is 6.92 Å². The number of carbonyl (C=O) groups is 1. The number of carbonyl (C=O) groups excluding carboxylic acids is 1. The SMILES string of the molecule is COc1ccc(-c2noc(-c3ccccc3OCC(=O)Nc3ccc(C)cc3)n2)cc1. The summed E-state index contributed by atoms with van der Waals surface area (Å²) in [5.74, 6) is 1.72. The van der Waals surface area contributed by atoms with Crippen LogP contribution in [0.3, 0.4) is 0 Å². The Hall–Kier alpha value is -4.13. The van der Waals surface area contributed by atoms with Crippen LogP contribution in [0.5, 0.6) is 11.5 Å². The summed E-state index contributed by atoms with van der Waals surface area (Å²) in [7, 11) is 1.61. The zero-order chi connectivity index (χ0) is 21.6. The third-order valence-electron chi connectivity index (χ3n) is 4.59. The lowest BCUT2D eigenvalue weighted by molar-refractivity contribution is -0.118. The highest BCUT2D eigenvalue weighted by atomic mass is 16.5. The summed E-state index contributed by atoms with van der Waals surface area (Å²) in [5, 5.41) is 6.86. The number of benzene rings is 3. The molecule has 7 heteroatoms. The molecule has 0 aliphatic rings. The number of nitrogens with one attached hydrogen (secondary N) is 1. The smallest absolute Gasteiger partial charge is 0.262 e. The number of para-hydroxylation sites is 1. The molecule has 0 unspecified atom stereocenters. The highest BCUT2D eigenvalue weighted by Crippen LogP contribution is 2.30. The van der Waals surface area contributed by atoms with E-state index in [0.29, 0.717) is 28.7 Å². The Morgan fingerprint density at radius 1 is 1.00 bits per heavy atom. The molecule has 1 N–H and O–H groups in total. The Labute approximate surface area is 179 Å². The summed E-state index contributed by atoms with van der Waals surface area (Å²) in [6, 6.07) is 22.1. The standard InChI is InChI=1S/C24H21N3O4/c1-16-7-11-18(12-8-16)25-22(28)15-30-21-6-4-3-5-20(21)24-26-23(27-31-24)17-9-13-19(29-2)14-10-17/h3-14H,15H2,1-2H3,(H,25,28). The zero-order valence-electron chi connectivity index (χ0n) is 17.2. The average molecular weight is 415 g/mol. The molecule has 4 rings (SSSR count). The van der Waals surface area contributed by atoms with E-state index in [1.807, 2.05) is 67.6 Å². The molecule has 1 heterocycles. The van der Waals surface area contributed by atoms with Crippen molar-refractivity contribution in [3.63, 3.8) is 0 Å². The molecule has 0 saturated heterocycles. The number of aryl methyl sites for hydroxylation is 1. The van der Waals surface area contributed by atoms with Crippen molar-refractivity contribution in [2.24, 2.45) is 0 Å². The lowest BCUT2D eigenvalue weighted by Crippen LogP contribution is -2.20. The molecule has 0 radical (unpaired) electrons. The zero-order valence-corrected chi connectivity index (χ0v) is 17.2. The van der Waals surface area contributed by atoms with Crippen LogP contribution in [-0.2, 0) is 4.79 Å². The second-order valence-corrected chi connectivity index (χ2v) is 6.85. The molecule has 4 aromatic rings. The number of amides is 1. The van der Waals surface area contributed by atoms with Gasteiger partial charge in [-0.3, -0.25) is 4.79 Å². The van der Waals surface area contributed by atoms with Gasteiger partial charge in [-0.2, -0.15) is 4.98 Å². The molecular weight excluding hydrogens is 394 g/mol. The van der Waals surface area contributed by atoms with Gasteiger partial charge in [0.15, 0.2) is 6.61 Å². The van der Waals surface area contributed by atoms with E-state index in [1.54, 1.807) is 19.2 Å². The van der Waals surface area contributed by atoms with Gasteiger partial charge >= 0.3 is 0 Å². The van der Waals surface area contributed by atoms with Gasteiger partial charge in [0.1, 0.15) is 11.5 Å². The molecule has 0 atom stereocenters. The largest absolute Gasteiger partial charge is 0.497 e. The number of rotatable bonds is 7. The average Bonchev–Trinajstić information content (AvgIpc) is 3.30. The van der Waals surface area contributed by atoms with Crippen LogP contribution in [0.4, 0.5) is 5.69 Å². The molecule has 31 heavy (non-hydrogen) atoms. The van der Waals surface area contributed by atoms with Gasteiger partial charge < -0.3 is 19.3 Å². The molecule has 0 aliphatic carbocycles. The Kier molecular flexibility index (Phi) is 5.93. The number of methoxy groups -OCH3 is 1. The molecule has 156 valence electrons. The van der Waals surface area contributed by atoms with Gasteiger partial charge in [0.2, 0.25) is 5.82 Å². The number of anilines is 1. The van der Waals surface area contributed by atoms with E-state index in [1.165, 1.54) is 0 Å². The molecule has 1 aromatic heterocycles. The number of aromatic nitrogens is 2. The van der Waals surface area contributed by atoms with Gasteiger partial charge in [-0.1, -0.05) is 35.0 Å². The van der Waals surface area contributed by atoms with Gasteiger partial charge in [0, 0.05) is 11.3 Å². The Bertz CT molecular complexity index is 1170. The summed E-state index contributed by atoms with van der Waals surface area (Å²) < 4.78 is 16.4. The minimum absolute atomic E-state index is 0.148. The lowest BCUT2D eigenvalue weighted by atomic mass is 10.2. The molecule has 3 aromatic carbocycles. The minimum Gasteiger partial charge on any atom is -0.497 e. The van der Waals surface area contributed by atoms with Crippen molar-refractivity contribution in [1.29, 1.82) is 0 Å². The number of hydrogen-bond donors (Lipinski definition) is 1. The van der Waals surface area contributed by atoms with E-state index >= 15 is 0 Å². The monoisotopic (exact) mass is 415 g/mol. The fourth-order valence-corrected chi connectivity index (χ4v) is 2.94. The first kappa shape index (κ1) is 20.2. The van der Waals surface area contributed by atoms with E-state index in [0.717, 1.165) is 16.9 Å². The fraction of sp³-hybridized carbons (Fsp3) is 0.125. The first-order valence-corrected chi connectivity index (χ1v) is 9.69. The molecule has 0 bridgehead atoms. The van der Waals surface area contributed by atoms with Crippen LogP contribution >= 0.6 is 0 Å². The van der Waals surface area contributed by atoms with Crippen molar-refractivity contribution in [2.75, 3.05) is 19.0 Å². The van der Waals surface area contributed by atoms with Crippen molar-refractivity contribution >= 4 is 11.6 Å². The van der Waals surface area contributed by atoms with E-state index in [9.17, 15) is 4.79 Å². The predicted octanol–water partition coefficient (Wildman–Crippen LogP) is 4.74. The molecule has 0 spiro atoms. The third kappa shape index (κ3) is 4.90. The first-order valence-electron chi connectivity index (χ1n) is 9.69. The minimum atomic E-state index is -0.261. The van der Waals surface area contributed by atoms with Crippen LogP contribution in [0.2, 0.25) is 0 Å². The predicted molar refractivity (Wildman–Crippen MR) is 117 cm³/mol. The van der Waals surface area contributed by atoms with Gasteiger partial charge in [-0.15, -0.1) is 0 Å². The first-order chi connectivity index (χ1) is 15.1. The number of hydrogen-bond acceptors (Lipinski definition) is 6. The Balaban J connectivity index is 1.46. The second-order valence-electron chi connectivity index (χ2n) is 6.85. The number of ether oxygens (including phenoxy) is 2. The normalized spacial score (nSPS) is 10.5. The maximum Gasteiger partial charge on any atom is 0.262 e. The Morgan fingerprint density at radius 3 is 2.48 bits per heavy atom. The van der Waals surface area contributed by atoms with Crippen LogP contribution in [0.25, 0.3) is 22.8 Å². The summed E-state index contributed by atoms with van der Waals surface area (Å²) in [6.07, 6.45) is 0. The molecular formula is C24H21N3O4. The summed E-state index contributed by atoms with van der Waals surface area (Å²) in [4.78, 5) is 16.7. The van der Waals surface area contributed by atoms with E-state index < -0.39 is 0 Å². The van der Waals surface area contributed by atoms with Crippen LogP contribution in [0, 0.1) is 6.92 Å². The second kappa shape index (κ2) is 9.13. The molecule has 1 amide bonds. The maximum absolute atomic E-state index is 12.3.